The van der Waals surface area contributed by atoms with E-state index in [0.717, 1.165) is 18.0 Å². The van der Waals surface area contributed by atoms with Gasteiger partial charge >= 0.3 is 0 Å². The number of para-hydroxylation sites is 2. The van der Waals surface area contributed by atoms with Gasteiger partial charge in [0.25, 0.3) is 0 Å². The minimum atomic E-state index is 0.789. The van der Waals surface area contributed by atoms with Crippen LogP contribution in [0.4, 0.5) is 5.69 Å². The van der Waals surface area contributed by atoms with Crippen LogP contribution in [-0.4, -0.2) is 6.54 Å². The highest BCUT2D eigenvalue weighted by Crippen LogP contribution is 2.26. The van der Waals surface area contributed by atoms with Crippen molar-refractivity contribution in [2.75, 3.05) is 11.9 Å². The third-order valence-corrected chi connectivity index (χ3v) is 1.47. The molecular formula is C8H8NO. The number of nitrogens with one attached hydrogen (secondary N) is 1. The predicted octanol–water partition coefficient (Wildman–Crippen LogP) is 1.65. The number of benzene rings is 1. The Morgan fingerprint density at radius 2 is 2.20 bits per heavy atom. The Balaban J connectivity index is 2.41. The summed E-state index contributed by atoms with van der Waals surface area (Å²) in [6.45, 7) is 2.54. The summed E-state index contributed by atoms with van der Waals surface area (Å²) >= 11 is 0. The predicted molar refractivity (Wildman–Crippen MR) is 39.9 cm³/mol. The van der Waals surface area contributed by atoms with Crippen molar-refractivity contribution in [3.63, 3.8) is 0 Å². The molecule has 10 heavy (non-hydrogen) atoms. The lowest BCUT2D eigenvalue weighted by molar-refractivity contribution is 0.400. The molecule has 0 fully saturated rings. The number of fused-ring (bicyclic) bond motifs is 1. The van der Waals surface area contributed by atoms with Gasteiger partial charge in [0.1, 0.15) is 5.75 Å². The summed E-state index contributed by atoms with van der Waals surface area (Å²) in [5.41, 5.74) is 1.07. The van der Waals surface area contributed by atoms with Crippen LogP contribution < -0.4 is 10.1 Å². The van der Waals surface area contributed by atoms with Crippen molar-refractivity contribution < 1.29 is 4.74 Å². The van der Waals surface area contributed by atoms with Crippen LogP contribution in [0.5, 0.6) is 5.75 Å². The maximum atomic E-state index is 5.24. The summed E-state index contributed by atoms with van der Waals surface area (Å²) in [5.74, 6) is 0.911. The summed E-state index contributed by atoms with van der Waals surface area (Å²) in [7, 11) is 0. The smallest absolute Gasteiger partial charge is 0.154 e. The molecule has 0 spiro atoms. The van der Waals surface area contributed by atoms with Crippen molar-refractivity contribution in [1.29, 1.82) is 0 Å². The maximum Gasteiger partial charge on any atom is 0.154 e. The molecule has 1 radical (unpaired) electrons. The molecule has 0 bridgehead atoms. The molecule has 0 unspecified atom stereocenters. The van der Waals surface area contributed by atoms with Crippen LogP contribution in [0.1, 0.15) is 0 Å². The van der Waals surface area contributed by atoms with Crippen LogP contribution in [0.3, 0.4) is 0 Å². The van der Waals surface area contributed by atoms with E-state index in [4.69, 9.17) is 4.74 Å². The Morgan fingerprint density at radius 3 is 3.10 bits per heavy atom. The molecule has 1 aliphatic rings. The third kappa shape index (κ3) is 0.817. The lowest BCUT2D eigenvalue weighted by Crippen LogP contribution is -2.12. The zero-order chi connectivity index (χ0) is 6.81. The zero-order valence-corrected chi connectivity index (χ0v) is 5.50. The molecule has 2 nitrogen and oxygen atoms in total. The van der Waals surface area contributed by atoms with Crippen LogP contribution in [0.25, 0.3) is 0 Å². The highest BCUT2D eigenvalue weighted by molar-refractivity contribution is 5.57. The van der Waals surface area contributed by atoms with Gasteiger partial charge in [-0.15, -0.1) is 0 Å². The van der Waals surface area contributed by atoms with Crippen molar-refractivity contribution in [3.05, 3.63) is 30.9 Å². The van der Waals surface area contributed by atoms with Gasteiger partial charge in [-0.3, -0.25) is 0 Å². The summed E-state index contributed by atoms with van der Waals surface area (Å²) in [6.07, 6.45) is 0. The van der Waals surface area contributed by atoms with E-state index in [0.29, 0.717) is 0 Å². The van der Waals surface area contributed by atoms with Crippen LogP contribution in [0.15, 0.2) is 24.3 Å². The van der Waals surface area contributed by atoms with E-state index in [1.54, 1.807) is 6.61 Å². The number of hydrogen-bond acceptors (Lipinski definition) is 2. The van der Waals surface area contributed by atoms with Crippen molar-refractivity contribution >= 4 is 5.69 Å². The molecule has 0 amide bonds. The van der Waals surface area contributed by atoms with Gasteiger partial charge in [0.15, 0.2) is 6.61 Å². The largest absolute Gasteiger partial charge is 0.482 e. The van der Waals surface area contributed by atoms with Gasteiger partial charge in [0, 0.05) is 0 Å². The Labute approximate surface area is 59.8 Å². The van der Waals surface area contributed by atoms with Crippen molar-refractivity contribution in [2.24, 2.45) is 0 Å². The van der Waals surface area contributed by atoms with Gasteiger partial charge < -0.3 is 10.1 Å². The van der Waals surface area contributed by atoms with E-state index < -0.39 is 0 Å². The first-order valence-electron chi connectivity index (χ1n) is 3.28. The molecule has 1 N–H and O–H groups in total. The quantitative estimate of drug-likeness (QED) is 0.582. The third-order valence-electron chi connectivity index (χ3n) is 1.47. The summed E-state index contributed by atoms with van der Waals surface area (Å²) in [6, 6.07) is 7.89. The van der Waals surface area contributed by atoms with E-state index in [1.165, 1.54) is 0 Å². The molecule has 0 aliphatic carbocycles. The second-order valence-electron chi connectivity index (χ2n) is 2.16. The molecule has 0 saturated heterocycles. The first-order chi connectivity index (χ1) is 4.97. The topological polar surface area (TPSA) is 21.3 Å². The number of ether oxygens (including phenoxy) is 1. The SMILES string of the molecule is [CH]1CNc2ccccc2O1. The molecule has 51 valence electrons. The second kappa shape index (κ2) is 2.21. The normalized spacial score (nSPS) is 14.8. The van der Waals surface area contributed by atoms with E-state index >= 15 is 0 Å². The molecule has 1 aliphatic heterocycles. The van der Waals surface area contributed by atoms with E-state index in [2.05, 4.69) is 5.32 Å². The lowest BCUT2D eigenvalue weighted by Gasteiger charge is -2.17. The average molecular weight is 134 g/mol. The Morgan fingerprint density at radius 1 is 1.30 bits per heavy atom. The molecule has 0 saturated carbocycles. The van der Waals surface area contributed by atoms with Gasteiger partial charge in [0.05, 0.1) is 12.2 Å². The van der Waals surface area contributed by atoms with Gasteiger partial charge in [-0.25, -0.2) is 0 Å². The first-order valence-corrected chi connectivity index (χ1v) is 3.28. The summed E-state index contributed by atoms with van der Waals surface area (Å²) in [5, 5.41) is 3.18. The van der Waals surface area contributed by atoms with Crippen molar-refractivity contribution in [3.8, 4) is 5.75 Å². The fourth-order valence-electron chi connectivity index (χ4n) is 0.999. The minimum Gasteiger partial charge on any atom is -0.482 e. The van der Waals surface area contributed by atoms with Crippen LogP contribution in [0.2, 0.25) is 0 Å². The van der Waals surface area contributed by atoms with Crippen LogP contribution >= 0.6 is 0 Å². The van der Waals surface area contributed by atoms with Gasteiger partial charge in [-0.1, -0.05) is 12.1 Å². The van der Waals surface area contributed by atoms with Crippen molar-refractivity contribution in [1.82, 2.24) is 0 Å². The standard InChI is InChI=1S/C8H8NO/c1-2-4-8-7(3-1)9-5-6-10-8/h1-4,6,9H,5H2. The zero-order valence-electron chi connectivity index (χ0n) is 5.50. The molecule has 1 aromatic rings. The molecule has 1 aromatic carbocycles. The van der Waals surface area contributed by atoms with E-state index in [-0.39, 0.29) is 0 Å². The van der Waals surface area contributed by atoms with Crippen LogP contribution in [-0.2, 0) is 0 Å². The first kappa shape index (κ1) is 5.59. The maximum absolute atomic E-state index is 5.24. The number of rotatable bonds is 0. The van der Waals surface area contributed by atoms with E-state index in [9.17, 15) is 0 Å². The monoisotopic (exact) mass is 134 g/mol. The molecule has 0 atom stereocenters. The Bertz CT molecular complexity index is 209. The number of hydrogen-bond donors (Lipinski definition) is 1. The van der Waals surface area contributed by atoms with Gasteiger partial charge in [0.2, 0.25) is 0 Å². The minimum absolute atomic E-state index is 0.789. The highest BCUT2D eigenvalue weighted by atomic mass is 16.5. The van der Waals surface area contributed by atoms with Gasteiger partial charge in [-0.05, 0) is 12.1 Å². The molecule has 0 aromatic heterocycles. The second-order valence-corrected chi connectivity index (χ2v) is 2.16. The average Bonchev–Trinajstić information content (AvgIpc) is 2.05. The molecular weight excluding hydrogens is 126 g/mol. The molecule has 2 rings (SSSR count). The number of anilines is 1. The van der Waals surface area contributed by atoms with Gasteiger partial charge in [-0.2, -0.15) is 0 Å². The fourth-order valence-corrected chi connectivity index (χ4v) is 0.999. The highest BCUT2D eigenvalue weighted by Gasteiger charge is 2.06. The lowest BCUT2D eigenvalue weighted by atomic mass is 10.3. The molecule has 2 heteroatoms. The Hall–Kier alpha value is -1.18. The molecule has 1 heterocycles. The summed E-state index contributed by atoms with van der Waals surface area (Å²) < 4.78 is 5.24. The van der Waals surface area contributed by atoms with Crippen LogP contribution in [0, 0.1) is 6.61 Å². The fraction of sp³-hybridized carbons (Fsp3) is 0.125. The summed E-state index contributed by atoms with van der Waals surface area (Å²) in [4.78, 5) is 0. The van der Waals surface area contributed by atoms with Crippen molar-refractivity contribution in [2.45, 2.75) is 0 Å². The van der Waals surface area contributed by atoms with E-state index in [1.807, 2.05) is 24.3 Å². The Kier molecular flexibility index (Phi) is 1.24.